The van der Waals surface area contributed by atoms with E-state index in [4.69, 9.17) is 14.2 Å². The van der Waals surface area contributed by atoms with Crippen molar-refractivity contribution in [3.63, 3.8) is 0 Å². The minimum atomic E-state index is -1.03. The first-order chi connectivity index (χ1) is 14.2. The summed E-state index contributed by atoms with van der Waals surface area (Å²) in [7, 11) is 0. The van der Waals surface area contributed by atoms with Crippen molar-refractivity contribution in [3.8, 4) is 5.75 Å². The SMILES string of the molecule is Cc1ccc(OC2=NC(Br)=CN(I)C2N(C(=O)OC(C)(C)C)C(=O)OC(C)(C)C)cc1. The molecule has 1 aliphatic rings. The van der Waals surface area contributed by atoms with Gasteiger partial charge >= 0.3 is 12.2 Å². The van der Waals surface area contributed by atoms with Gasteiger partial charge in [0.1, 0.15) is 21.6 Å². The maximum absolute atomic E-state index is 13.1. The maximum Gasteiger partial charge on any atom is 0.422 e. The lowest BCUT2D eigenvalue weighted by molar-refractivity contribution is -0.00838. The van der Waals surface area contributed by atoms with E-state index in [2.05, 4.69) is 20.9 Å². The van der Waals surface area contributed by atoms with Gasteiger partial charge in [0, 0.05) is 6.20 Å². The van der Waals surface area contributed by atoms with Crippen molar-refractivity contribution in [1.29, 1.82) is 0 Å². The molecule has 1 heterocycles. The van der Waals surface area contributed by atoms with Crippen molar-refractivity contribution in [1.82, 2.24) is 8.01 Å². The summed E-state index contributed by atoms with van der Waals surface area (Å²) in [6.45, 7) is 12.3. The van der Waals surface area contributed by atoms with Gasteiger partial charge in [-0.3, -0.25) is 3.11 Å². The van der Waals surface area contributed by atoms with Crippen LogP contribution in [0.1, 0.15) is 47.1 Å². The maximum atomic E-state index is 13.1. The minimum Gasteiger partial charge on any atom is -0.443 e. The van der Waals surface area contributed by atoms with Crippen molar-refractivity contribution in [2.24, 2.45) is 4.99 Å². The highest BCUT2D eigenvalue weighted by molar-refractivity contribution is 14.1. The van der Waals surface area contributed by atoms with Gasteiger partial charge in [0.05, 0.1) is 22.9 Å². The number of aliphatic imine (C=N–C) groups is 1. The molecular formula is C21H27BrIN3O5. The van der Waals surface area contributed by atoms with Gasteiger partial charge in [0.25, 0.3) is 0 Å². The highest BCUT2D eigenvalue weighted by Crippen LogP contribution is 2.28. The molecule has 2 amide bonds. The van der Waals surface area contributed by atoms with Gasteiger partial charge in [-0.2, -0.15) is 4.90 Å². The normalized spacial score (nSPS) is 16.8. The smallest absolute Gasteiger partial charge is 0.422 e. The molecule has 0 N–H and O–H groups in total. The molecule has 8 nitrogen and oxygen atoms in total. The van der Waals surface area contributed by atoms with E-state index < -0.39 is 29.6 Å². The summed E-state index contributed by atoms with van der Waals surface area (Å²) in [5.74, 6) is 0.610. The molecule has 1 atom stereocenters. The summed E-state index contributed by atoms with van der Waals surface area (Å²) >= 11 is 5.30. The predicted molar refractivity (Wildman–Crippen MR) is 130 cm³/mol. The van der Waals surface area contributed by atoms with Crippen LogP contribution in [0.3, 0.4) is 0 Å². The summed E-state index contributed by atoms with van der Waals surface area (Å²) < 4.78 is 19.0. The Labute approximate surface area is 205 Å². The van der Waals surface area contributed by atoms with Crippen LogP contribution in [0.15, 0.2) is 40.1 Å². The van der Waals surface area contributed by atoms with Gasteiger partial charge in [-0.15, -0.1) is 0 Å². The zero-order chi connectivity index (χ0) is 23.6. The number of rotatable bonds is 2. The summed E-state index contributed by atoms with van der Waals surface area (Å²) in [5.41, 5.74) is -0.586. The Morgan fingerprint density at radius 3 is 1.97 bits per heavy atom. The molecule has 0 bridgehead atoms. The number of halogens is 2. The first-order valence-corrected chi connectivity index (χ1v) is 11.3. The Bertz CT molecular complexity index is 860. The van der Waals surface area contributed by atoms with Gasteiger partial charge in [-0.05, 0) is 76.5 Å². The summed E-state index contributed by atoms with van der Waals surface area (Å²) in [4.78, 5) is 31.4. The quantitative estimate of drug-likeness (QED) is 0.229. The number of amides is 2. The molecule has 1 aromatic rings. The highest BCUT2D eigenvalue weighted by Gasteiger charge is 2.44. The van der Waals surface area contributed by atoms with Crippen LogP contribution in [0.2, 0.25) is 0 Å². The number of benzene rings is 1. The summed E-state index contributed by atoms with van der Waals surface area (Å²) in [6.07, 6.45) is -1.16. The number of hydrogen-bond donors (Lipinski definition) is 0. The molecule has 1 aromatic carbocycles. The fourth-order valence-corrected chi connectivity index (χ4v) is 3.92. The molecule has 2 rings (SSSR count). The molecule has 0 fully saturated rings. The number of aryl methyl sites for hydroxylation is 1. The third kappa shape index (κ3) is 7.67. The fourth-order valence-electron chi connectivity index (χ4n) is 2.39. The van der Waals surface area contributed by atoms with Crippen LogP contribution in [0.25, 0.3) is 0 Å². The van der Waals surface area contributed by atoms with Crippen molar-refractivity contribution in [2.75, 3.05) is 0 Å². The molecule has 10 heteroatoms. The number of ether oxygens (including phenoxy) is 3. The topological polar surface area (TPSA) is 80.7 Å². The van der Waals surface area contributed by atoms with Gasteiger partial charge in [0.2, 0.25) is 12.1 Å². The van der Waals surface area contributed by atoms with Crippen molar-refractivity contribution >= 4 is 56.9 Å². The number of nitrogens with zero attached hydrogens (tertiary/aromatic N) is 3. The average Bonchev–Trinajstić information content (AvgIpc) is 2.56. The van der Waals surface area contributed by atoms with Crippen molar-refractivity contribution in [2.45, 2.75) is 65.8 Å². The largest absolute Gasteiger partial charge is 0.443 e. The molecule has 0 radical (unpaired) electrons. The first-order valence-electron chi connectivity index (χ1n) is 9.56. The van der Waals surface area contributed by atoms with Crippen LogP contribution in [0.5, 0.6) is 5.75 Å². The molecule has 1 aliphatic heterocycles. The number of hydrogen-bond acceptors (Lipinski definition) is 7. The Morgan fingerprint density at radius 1 is 1.03 bits per heavy atom. The Hall–Kier alpha value is -1.82. The van der Waals surface area contributed by atoms with Crippen LogP contribution in [0.4, 0.5) is 9.59 Å². The lowest BCUT2D eigenvalue weighted by atomic mass is 10.2. The number of imide groups is 1. The molecule has 0 spiro atoms. The second-order valence-electron chi connectivity index (χ2n) is 8.87. The Balaban J connectivity index is 2.48. The van der Waals surface area contributed by atoms with Crippen molar-refractivity contribution in [3.05, 3.63) is 40.6 Å². The second-order valence-corrected chi connectivity index (χ2v) is 10.8. The predicted octanol–water partition coefficient (Wildman–Crippen LogP) is 6.13. The number of carbonyl (C=O) groups is 2. The van der Waals surface area contributed by atoms with E-state index >= 15 is 0 Å². The van der Waals surface area contributed by atoms with Gasteiger partial charge in [-0.1, -0.05) is 17.7 Å². The van der Waals surface area contributed by atoms with Gasteiger partial charge in [0.15, 0.2) is 0 Å². The molecular weight excluding hydrogens is 581 g/mol. The minimum absolute atomic E-state index is 0.101. The lowest BCUT2D eigenvalue weighted by Gasteiger charge is -2.37. The fraction of sp³-hybridized carbons (Fsp3) is 0.476. The van der Waals surface area contributed by atoms with Crippen LogP contribution >= 0.6 is 38.8 Å². The van der Waals surface area contributed by atoms with E-state index in [1.807, 2.05) is 41.9 Å². The zero-order valence-corrected chi connectivity index (χ0v) is 22.3. The molecule has 31 heavy (non-hydrogen) atoms. The van der Waals surface area contributed by atoms with E-state index in [9.17, 15) is 9.59 Å². The van der Waals surface area contributed by atoms with E-state index in [1.54, 1.807) is 63.0 Å². The molecule has 0 aliphatic carbocycles. The third-order valence-corrected chi connectivity index (χ3v) is 4.76. The molecule has 170 valence electrons. The van der Waals surface area contributed by atoms with Crippen LogP contribution in [-0.4, -0.2) is 43.5 Å². The number of carbonyl (C=O) groups excluding carboxylic acids is 2. The third-order valence-electron chi connectivity index (χ3n) is 3.57. The van der Waals surface area contributed by atoms with Crippen molar-refractivity contribution < 1.29 is 23.8 Å². The molecule has 0 saturated heterocycles. The van der Waals surface area contributed by atoms with Gasteiger partial charge in [-0.25, -0.2) is 14.6 Å². The van der Waals surface area contributed by atoms with E-state index in [1.165, 1.54) is 0 Å². The zero-order valence-electron chi connectivity index (χ0n) is 18.6. The van der Waals surface area contributed by atoms with Crippen LogP contribution in [0, 0.1) is 6.92 Å². The Kier molecular flexibility index (Phi) is 8.01. The first kappa shape index (κ1) is 25.4. The van der Waals surface area contributed by atoms with Gasteiger partial charge < -0.3 is 14.2 Å². The van der Waals surface area contributed by atoms with E-state index in [0.29, 0.717) is 10.4 Å². The average molecular weight is 608 g/mol. The second kappa shape index (κ2) is 9.76. The molecule has 0 saturated carbocycles. The summed E-state index contributed by atoms with van der Waals surface area (Å²) in [5, 5.41) is 0. The monoisotopic (exact) mass is 607 g/mol. The Morgan fingerprint density at radius 2 is 1.52 bits per heavy atom. The lowest BCUT2D eigenvalue weighted by Crippen LogP contribution is -2.57. The highest BCUT2D eigenvalue weighted by atomic mass is 127. The van der Waals surface area contributed by atoms with E-state index in [0.717, 1.165) is 10.5 Å². The van der Waals surface area contributed by atoms with E-state index in [-0.39, 0.29) is 5.90 Å². The van der Waals surface area contributed by atoms with Crippen LogP contribution in [-0.2, 0) is 9.47 Å². The standard InChI is InChI=1S/C21H27BrIN3O5/c1-13-8-10-14(11-9-13)29-16-17(25(23)12-15(22)24-16)26(18(27)30-20(2,3)4)19(28)31-21(5,6)7/h8-12,17H,1-7H3. The molecule has 0 aromatic heterocycles. The van der Waals surface area contributed by atoms with Crippen LogP contribution < -0.4 is 4.74 Å². The summed E-state index contributed by atoms with van der Waals surface area (Å²) in [6, 6.07) is 7.34. The molecule has 1 unspecified atom stereocenters.